The summed E-state index contributed by atoms with van der Waals surface area (Å²) in [7, 11) is 0. The Morgan fingerprint density at radius 2 is 1.40 bits per heavy atom. The van der Waals surface area contributed by atoms with Crippen LogP contribution in [-0.2, 0) is 20.8 Å². The van der Waals surface area contributed by atoms with Crippen molar-refractivity contribution in [3.8, 4) is 0 Å². The number of rotatable bonds is 7. The Bertz CT molecular complexity index is 1050. The van der Waals surface area contributed by atoms with Crippen molar-refractivity contribution in [3.05, 3.63) is 72.3 Å². The Hall–Kier alpha value is -3.67. The third-order valence-electron chi connectivity index (χ3n) is 4.64. The number of fused-ring (bicyclic) bond motifs is 1. The van der Waals surface area contributed by atoms with Crippen LogP contribution < -0.4 is 16.0 Å². The van der Waals surface area contributed by atoms with Gasteiger partial charge in [-0.25, -0.2) is 0 Å². The summed E-state index contributed by atoms with van der Waals surface area (Å²) in [6.07, 6.45) is 0.207. The number of nitrogens with one attached hydrogen (secondary N) is 3. The molecule has 0 bridgehead atoms. The minimum absolute atomic E-state index is 0.0688. The van der Waals surface area contributed by atoms with Crippen molar-refractivity contribution in [1.29, 1.82) is 0 Å². The Morgan fingerprint density at radius 1 is 0.767 bits per heavy atom. The van der Waals surface area contributed by atoms with Crippen LogP contribution in [0.15, 0.2) is 66.7 Å². The maximum atomic E-state index is 12.3. The summed E-state index contributed by atoms with van der Waals surface area (Å²) in [6, 6.07) is 20.6. The Kier molecular flexibility index (Phi) is 6.80. The first-order valence-corrected chi connectivity index (χ1v) is 9.86. The van der Waals surface area contributed by atoms with E-state index in [9.17, 15) is 14.4 Å². The molecular weight excluding hydrogens is 378 g/mol. The van der Waals surface area contributed by atoms with Crippen LogP contribution in [0.4, 0.5) is 11.4 Å². The van der Waals surface area contributed by atoms with Crippen LogP contribution in [-0.4, -0.2) is 24.3 Å². The van der Waals surface area contributed by atoms with Gasteiger partial charge in [0.25, 0.3) is 0 Å². The van der Waals surface area contributed by atoms with Crippen molar-refractivity contribution in [2.75, 3.05) is 17.2 Å². The van der Waals surface area contributed by atoms with Crippen LogP contribution in [0.5, 0.6) is 0 Å². The van der Waals surface area contributed by atoms with Gasteiger partial charge >= 0.3 is 0 Å². The molecule has 3 rings (SSSR count). The molecule has 0 unspecified atom stereocenters. The molecule has 3 amide bonds. The van der Waals surface area contributed by atoms with Gasteiger partial charge in [0.2, 0.25) is 17.7 Å². The topological polar surface area (TPSA) is 87.3 Å². The first kappa shape index (κ1) is 21.0. The lowest BCUT2D eigenvalue weighted by Gasteiger charge is -2.10. The maximum Gasteiger partial charge on any atom is 0.243 e. The number of amides is 3. The fourth-order valence-corrected chi connectivity index (χ4v) is 2.99. The van der Waals surface area contributed by atoms with Gasteiger partial charge in [0, 0.05) is 17.3 Å². The first-order chi connectivity index (χ1) is 14.4. The van der Waals surface area contributed by atoms with Gasteiger partial charge in [-0.1, -0.05) is 56.3 Å². The number of carbonyl (C=O) groups excluding carboxylic acids is 3. The second-order valence-electron chi connectivity index (χ2n) is 7.36. The van der Waals surface area contributed by atoms with E-state index in [-0.39, 0.29) is 36.6 Å². The van der Waals surface area contributed by atoms with E-state index >= 15 is 0 Å². The van der Waals surface area contributed by atoms with Gasteiger partial charge in [0.05, 0.1) is 13.0 Å². The number of benzene rings is 3. The molecule has 0 aliphatic rings. The summed E-state index contributed by atoms with van der Waals surface area (Å²) in [6.45, 7) is 3.52. The Balaban J connectivity index is 1.49. The van der Waals surface area contributed by atoms with E-state index in [4.69, 9.17) is 0 Å². The van der Waals surface area contributed by atoms with Crippen LogP contribution in [0, 0.1) is 5.92 Å². The van der Waals surface area contributed by atoms with Crippen molar-refractivity contribution in [1.82, 2.24) is 5.32 Å². The second-order valence-corrected chi connectivity index (χ2v) is 7.36. The van der Waals surface area contributed by atoms with Crippen molar-refractivity contribution in [2.24, 2.45) is 5.92 Å². The maximum absolute atomic E-state index is 12.3. The fourth-order valence-electron chi connectivity index (χ4n) is 2.99. The minimum atomic E-state index is -0.319. The Labute approximate surface area is 175 Å². The molecule has 154 valence electrons. The van der Waals surface area contributed by atoms with Crippen LogP contribution in [0.3, 0.4) is 0 Å². The van der Waals surface area contributed by atoms with E-state index in [0.29, 0.717) is 11.4 Å². The molecule has 3 aromatic carbocycles. The van der Waals surface area contributed by atoms with E-state index in [1.54, 1.807) is 24.3 Å². The number of anilines is 2. The highest BCUT2D eigenvalue weighted by Gasteiger charge is 2.10. The highest BCUT2D eigenvalue weighted by Crippen LogP contribution is 2.19. The summed E-state index contributed by atoms with van der Waals surface area (Å²) in [5.74, 6) is -0.712. The average Bonchev–Trinajstić information content (AvgIpc) is 2.74. The first-order valence-electron chi connectivity index (χ1n) is 9.86. The van der Waals surface area contributed by atoms with Crippen LogP contribution in [0.1, 0.15) is 19.4 Å². The molecule has 3 N–H and O–H groups in total. The van der Waals surface area contributed by atoms with Crippen LogP contribution in [0.25, 0.3) is 10.8 Å². The largest absolute Gasteiger partial charge is 0.347 e. The molecule has 6 nitrogen and oxygen atoms in total. The summed E-state index contributed by atoms with van der Waals surface area (Å²) in [5.41, 5.74) is 2.17. The molecule has 0 saturated heterocycles. The van der Waals surface area contributed by atoms with Gasteiger partial charge in [-0.15, -0.1) is 0 Å². The third-order valence-corrected chi connectivity index (χ3v) is 4.64. The van der Waals surface area contributed by atoms with E-state index in [2.05, 4.69) is 16.0 Å². The van der Waals surface area contributed by atoms with Gasteiger partial charge in [-0.05, 0) is 40.6 Å². The highest BCUT2D eigenvalue weighted by atomic mass is 16.2. The molecule has 0 heterocycles. The van der Waals surface area contributed by atoms with E-state index in [1.165, 1.54) is 0 Å². The molecule has 0 aliphatic heterocycles. The minimum Gasteiger partial charge on any atom is -0.347 e. The molecule has 6 heteroatoms. The summed E-state index contributed by atoms with van der Waals surface area (Å²) >= 11 is 0. The molecule has 0 aliphatic carbocycles. The predicted octanol–water partition coefficient (Wildman–Crippen LogP) is 3.73. The van der Waals surface area contributed by atoms with E-state index in [0.717, 1.165) is 16.3 Å². The standard InChI is InChI=1S/C24H25N3O3/c1-16(2)24(30)27-20-12-10-19(11-13-20)26-23(29)15-25-22(28)14-18-8-5-7-17-6-3-4-9-21(17)18/h3-13,16H,14-15H2,1-2H3,(H,25,28)(H,26,29)(H,27,30). The zero-order valence-electron chi connectivity index (χ0n) is 17.1. The van der Waals surface area contributed by atoms with Crippen molar-refractivity contribution >= 4 is 39.9 Å². The summed E-state index contributed by atoms with van der Waals surface area (Å²) < 4.78 is 0. The van der Waals surface area contributed by atoms with Gasteiger partial charge < -0.3 is 16.0 Å². The van der Waals surface area contributed by atoms with Gasteiger partial charge in [0.15, 0.2) is 0 Å². The third kappa shape index (κ3) is 5.67. The van der Waals surface area contributed by atoms with Crippen molar-refractivity contribution in [3.63, 3.8) is 0 Å². The van der Waals surface area contributed by atoms with Gasteiger partial charge in [-0.2, -0.15) is 0 Å². The zero-order chi connectivity index (χ0) is 21.5. The second kappa shape index (κ2) is 9.69. The normalized spacial score (nSPS) is 10.6. The molecule has 0 fully saturated rings. The van der Waals surface area contributed by atoms with E-state index in [1.807, 2.05) is 56.3 Å². The zero-order valence-corrected chi connectivity index (χ0v) is 17.1. The number of hydrogen-bond acceptors (Lipinski definition) is 3. The molecule has 0 saturated carbocycles. The quantitative estimate of drug-likeness (QED) is 0.562. The lowest BCUT2D eigenvalue weighted by atomic mass is 10.0. The molecular formula is C24H25N3O3. The average molecular weight is 403 g/mol. The monoisotopic (exact) mass is 403 g/mol. The van der Waals surface area contributed by atoms with Crippen LogP contribution in [0.2, 0.25) is 0 Å². The smallest absolute Gasteiger partial charge is 0.243 e. The number of carbonyl (C=O) groups is 3. The predicted molar refractivity (Wildman–Crippen MR) is 119 cm³/mol. The van der Waals surface area contributed by atoms with Crippen molar-refractivity contribution in [2.45, 2.75) is 20.3 Å². The Morgan fingerprint density at radius 3 is 2.10 bits per heavy atom. The molecule has 0 aromatic heterocycles. The fraction of sp³-hybridized carbons (Fsp3) is 0.208. The van der Waals surface area contributed by atoms with Crippen molar-refractivity contribution < 1.29 is 14.4 Å². The molecule has 0 spiro atoms. The lowest BCUT2D eigenvalue weighted by molar-refractivity contribution is -0.123. The van der Waals surface area contributed by atoms with Gasteiger partial charge in [0.1, 0.15) is 0 Å². The van der Waals surface area contributed by atoms with Crippen LogP contribution >= 0.6 is 0 Å². The lowest BCUT2D eigenvalue weighted by Crippen LogP contribution is -2.33. The number of hydrogen-bond donors (Lipinski definition) is 3. The van der Waals surface area contributed by atoms with E-state index < -0.39 is 0 Å². The molecule has 3 aromatic rings. The molecule has 30 heavy (non-hydrogen) atoms. The SMILES string of the molecule is CC(C)C(=O)Nc1ccc(NC(=O)CNC(=O)Cc2cccc3ccccc23)cc1. The van der Waals surface area contributed by atoms with Gasteiger partial charge in [-0.3, -0.25) is 14.4 Å². The summed E-state index contributed by atoms with van der Waals surface area (Å²) in [5, 5.41) is 10.3. The molecule has 0 radical (unpaired) electrons. The highest BCUT2D eigenvalue weighted by molar-refractivity contribution is 5.96. The molecule has 0 atom stereocenters. The summed E-state index contributed by atoms with van der Waals surface area (Å²) in [4.78, 5) is 36.1.